The van der Waals surface area contributed by atoms with E-state index in [4.69, 9.17) is 4.74 Å². The van der Waals surface area contributed by atoms with E-state index in [1.54, 1.807) is 55.1 Å². The van der Waals surface area contributed by atoms with E-state index in [1.807, 2.05) is 0 Å². The summed E-state index contributed by atoms with van der Waals surface area (Å²) in [5, 5.41) is 5.42. The highest BCUT2D eigenvalue weighted by Gasteiger charge is 2.45. The zero-order valence-electron chi connectivity index (χ0n) is 32.7. The van der Waals surface area contributed by atoms with Gasteiger partial charge in [-0.1, -0.05) is 30.3 Å². The molecule has 4 amide bonds. The van der Waals surface area contributed by atoms with E-state index in [0.717, 1.165) is 23.9 Å². The van der Waals surface area contributed by atoms with Crippen molar-refractivity contribution in [1.29, 1.82) is 0 Å². The van der Waals surface area contributed by atoms with Gasteiger partial charge >= 0.3 is 6.18 Å². The summed E-state index contributed by atoms with van der Waals surface area (Å²) >= 11 is 0. The first-order valence-corrected chi connectivity index (χ1v) is 19.4. The van der Waals surface area contributed by atoms with E-state index in [1.165, 1.54) is 36.3 Å². The molecule has 14 nitrogen and oxygen atoms in total. The van der Waals surface area contributed by atoms with Crippen molar-refractivity contribution in [3.05, 3.63) is 101 Å². The second-order valence-corrected chi connectivity index (χ2v) is 15.1. The second-order valence-electron chi connectivity index (χ2n) is 15.1. The number of hydrogen-bond donors (Lipinski definition) is 2. The number of halogens is 4. The fourth-order valence-electron chi connectivity index (χ4n) is 7.67. The van der Waals surface area contributed by atoms with Crippen LogP contribution in [-0.4, -0.2) is 79.3 Å². The van der Waals surface area contributed by atoms with Crippen LogP contribution in [0.15, 0.2) is 67.3 Å². The zero-order chi connectivity index (χ0) is 42.5. The van der Waals surface area contributed by atoms with Crippen molar-refractivity contribution in [3.63, 3.8) is 0 Å². The van der Waals surface area contributed by atoms with E-state index in [0.29, 0.717) is 28.1 Å². The Labute approximate surface area is 341 Å². The molecule has 2 aliphatic heterocycles. The maximum atomic E-state index is 17.0. The molecule has 1 saturated carbocycles. The Morgan fingerprint density at radius 2 is 1.73 bits per heavy atom. The number of nitrogens with one attached hydrogen (secondary N) is 2. The van der Waals surface area contributed by atoms with Crippen molar-refractivity contribution in [2.75, 3.05) is 30.4 Å². The van der Waals surface area contributed by atoms with Gasteiger partial charge in [-0.2, -0.15) is 13.2 Å². The third kappa shape index (κ3) is 7.52. The SMILES string of the molecule is COc1ncnc(C2CC2)c1-c1nccc(N(CCNc2cccc3c2C(=O)N(C2CCC(=O)NC2=O)C3=O)Cc2ccc(-c3nc(C(F)(F)F)cn3C(C)C)cc2)c1F. The van der Waals surface area contributed by atoms with Crippen molar-refractivity contribution < 1.29 is 41.5 Å². The summed E-state index contributed by atoms with van der Waals surface area (Å²) in [5.74, 6) is -2.77. The summed E-state index contributed by atoms with van der Waals surface area (Å²) in [6.45, 7) is 3.91. The second kappa shape index (κ2) is 15.8. The first-order valence-electron chi connectivity index (χ1n) is 19.4. The topological polar surface area (TPSA) is 165 Å². The summed E-state index contributed by atoms with van der Waals surface area (Å²) in [6.07, 6.45) is 0.954. The van der Waals surface area contributed by atoms with Gasteiger partial charge in [-0.15, -0.1) is 0 Å². The Morgan fingerprint density at radius 3 is 2.42 bits per heavy atom. The Hall–Kier alpha value is -6.72. The number of rotatable bonds is 13. The predicted molar refractivity (Wildman–Crippen MR) is 209 cm³/mol. The fraction of sp³-hybridized carbons (Fsp3) is 0.333. The van der Waals surface area contributed by atoms with Crippen LogP contribution in [-0.2, 0) is 22.3 Å². The van der Waals surface area contributed by atoms with E-state index in [9.17, 15) is 32.3 Å². The van der Waals surface area contributed by atoms with Gasteiger partial charge in [0, 0.05) is 61.7 Å². The molecule has 3 aliphatic rings. The van der Waals surface area contributed by atoms with Crippen LogP contribution in [0.3, 0.4) is 0 Å². The Morgan fingerprint density at radius 1 is 0.967 bits per heavy atom. The number of imidazole rings is 1. The van der Waals surface area contributed by atoms with Gasteiger partial charge in [-0.25, -0.2) is 19.3 Å². The highest BCUT2D eigenvalue weighted by molar-refractivity contribution is 6.25. The Kier molecular flexibility index (Phi) is 10.6. The number of nitrogens with zero attached hydrogens (tertiary/aromatic N) is 7. The largest absolute Gasteiger partial charge is 0.480 e. The molecule has 3 aromatic heterocycles. The molecule has 8 rings (SSSR count). The number of aromatic nitrogens is 5. The van der Waals surface area contributed by atoms with Crippen molar-refractivity contribution in [3.8, 4) is 28.5 Å². The fourth-order valence-corrected chi connectivity index (χ4v) is 7.67. The number of alkyl halides is 3. The maximum absolute atomic E-state index is 17.0. The van der Waals surface area contributed by atoms with Crippen molar-refractivity contribution in [2.45, 2.75) is 70.3 Å². The quantitative estimate of drug-likeness (QED) is 0.0978. The lowest BCUT2D eigenvalue weighted by Crippen LogP contribution is -2.54. The van der Waals surface area contributed by atoms with Crippen LogP contribution < -0.4 is 20.3 Å². The number of fused-ring (bicyclic) bond motifs is 1. The molecule has 1 atom stereocenters. The van der Waals surface area contributed by atoms with Gasteiger partial charge in [0.05, 0.1) is 35.2 Å². The number of carbonyl (C=O) groups is 4. The van der Waals surface area contributed by atoms with Gasteiger partial charge in [-0.3, -0.25) is 34.4 Å². The summed E-state index contributed by atoms with van der Waals surface area (Å²) in [6, 6.07) is 11.6. The van der Waals surface area contributed by atoms with E-state index >= 15 is 4.39 Å². The molecule has 1 unspecified atom stereocenters. The minimum absolute atomic E-state index is 0.000299. The summed E-state index contributed by atoms with van der Waals surface area (Å²) < 4.78 is 64.9. The third-order valence-electron chi connectivity index (χ3n) is 10.8. The standard InChI is InChI=1S/C42H39F4N9O5/c1-22(2)54-20-30(42(44,45)46)51-37(54)25-9-7-23(8-10-25)19-53(28-15-16-48-36(34(28)43)33-35(24-11-12-24)49-21-50-39(33)60-3)18-17-47-27-6-4-5-26-32(27)41(59)55(40(26)58)29-13-14-31(56)52-38(29)57/h4-10,15-16,20-22,24,29,47H,11-14,17-19H2,1-3H3,(H,52,56,57). The van der Waals surface area contributed by atoms with Gasteiger partial charge in [0.1, 0.15) is 23.9 Å². The number of methoxy groups -OCH3 is 1. The van der Waals surface area contributed by atoms with Gasteiger partial charge in [0.25, 0.3) is 11.8 Å². The summed E-state index contributed by atoms with van der Waals surface area (Å²) in [5.41, 5.74) is 1.79. The zero-order valence-corrected chi connectivity index (χ0v) is 32.7. The molecule has 0 radical (unpaired) electrons. The van der Waals surface area contributed by atoms with Crippen LogP contribution >= 0.6 is 0 Å². The molecular formula is C42H39F4N9O5. The lowest BCUT2D eigenvalue weighted by Gasteiger charge is -2.28. The van der Waals surface area contributed by atoms with E-state index in [-0.39, 0.29) is 78.6 Å². The van der Waals surface area contributed by atoms with Crippen LogP contribution in [0.4, 0.5) is 28.9 Å². The average molecular weight is 826 g/mol. The average Bonchev–Trinajstić information content (AvgIpc) is 3.91. The lowest BCUT2D eigenvalue weighted by molar-refractivity contribution is -0.141. The van der Waals surface area contributed by atoms with Gasteiger partial charge in [0.2, 0.25) is 17.7 Å². The number of hydrogen-bond acceptors (Lipinski definition) is 11. The minimum atomic E-state index is -4.62. The first kappa shape index (κ1) is 40.1. The molecule has 5 aromatic rings. The number of imide groups is 2. The molecule has 310 valence electrons. The summed E-state index contributed by atoms with van der Waals surface area (Å²) in [7, 11) is 1.44. The van der Waals surface area contributed by atoms with Gasteiger partial charge < -0.3 is 19.5 Å². The molecule has 2 fully saturated rings. The van der Waals surface area contributed by atoms with Crippen LogP contribution in [0, 0.1) is 5.82 Å². The highest BCUT2D eigenvalue weighted by Crippen LogP contribution is 2.46. The Bertz CT molecular complexity index is 2520. The molecule has 0 spiro atoms. The molecule has 1 aliphatic carbocycles. The van der Waals surface area contributed by atoms with Crippen LogP contribution in [0.5, 0.6) is 5.88 Å². The first-order chi connectivity index (χ1) is 28.7. The number of carbonyl (C=O) groups excluding carboxylic acids is 4. The smallest absolute Gasteiger partial charge is 0.434 e. The molecule has 18 heteroatoms. The number of benzene rings is 2. The van der Waals surface area contributed by atoms with E-state index in [2.05, 4.69) is 30.6 Å². The maximum Gasteiger partial charge on any atom is 0.434 e. The lowest BCUT2D eigenvalue weighted by atomic mass is 10.0. The van der Waals surface area contributed by atoms with Crippen LogP contribution in [0.2, 0.25) is 0 Å². The number of anilines is 2. The predicted octanol–water partition coefficient (Wildman–Crippen LogP) is 6.55. The number of ether oxygens (including phenoxy) is 1. The normalized spacial score (nSPS) is 16.7. The number of pyridine rings is 1. The molecule has 0 bridgehead atoms. The molecular weight excluding hydrogens is 787 g/mol. The van der Waals surface area contributed by atoms with Crippen molar-refractivity contribution >= 4 is 35.0 Å². The number of piperidine rings is 1. The molecule has 60 heavy (non-hydrogen) atoms. The minimum Gasteiger partial charge on any atom is -0.480 e. The highest BCUT2D eigenvalue weighted by atomic mass is 19.4. The van der Waals surface area contributed by atoms with Crippen molar-refractivity contribution in [2.24, 2.45) is 0 Å². The van der Waals surface area contributed by atoms with Crippen molar-refractivity contribution in [1.82, 2.24) is 34.7 Å². The molecule has 5 heterocycles. The van der Waals surface area contributed by atoms with Gasteiger partial charge in [-0.05, 0) is 56.9 Å². The van der Waals surface area contributed by atoms with Crippen LogP contribution in [0.1, 0.15) is 89.2 Å². The molecule has 2 aromatic carbocycles. The monoisotopic (exact) mass is 825 g/mol. The van der Waals surface area contributed by atoms with E-state index < -0.39 is 47.4 Å². The third-order valence-corrected chi connectivity index (χ3v) is 10.8. The van der Waals surface area contributed by atoms with Crippen LogP contribution in [0.25, 0.3) is 22.6 Å². The molecule has 1 saturated heterocycles. The summed E-state index contributed by atoms with van der Waals surface area (Å²) in [4.78, 5) is 71.3. The molecule has 2 N–H and O–H groups in total. The number of amides is 4. The Balaban J connectivity index is 1.11. The van der Waals surface area contributed by atoms with Gasteiger partial charge in [0.15, 0.2) is 11.5 Å².